The Morgan fingerprint density at radius 1 is 1.00 bits per heavy atom. The summed E-state index contributed by atoms with van der Waals surface area (Å²) in [6.45, 7) is 7.32. The minimum Gasteiger partial charge on any atom is -0.453 e. The Morgan fingerprint density at radius 3 is 2.59 bits per heavy atom. The Kier molecular flexibility index (Phi) is 7.15. The van der Waals surface area contributed by atoms with Gasteiger partial charge < -0.3 is 39.0 Å². The van der Waals surface area contributed by atoms with Gasteiger partial charge in [0.25, 0.3) is 12.2 Å². The second-order valence-electron chi connectivity index (χ2n) is 15.0. The average Bonchev–Trinajstić information content (AvgIpc) is 3.94. The predicted octanol–water partition coefficient (Wildman–Crippen LogP) is 7.08. The molecule has 7 heterocycles. The summed E-state index contributed by atoms with van der Waals surface area (Å²) in [6, 6.07) is 15.6. The van der Waals surface area contributed by atoms with E-state index in [4.69, 9.17) is 51.5 Å². The molecule has 10 bridgehead atoms. The average molecular weight is 767 g/mol. The number of aliphatic hydroxyl groups is 1. The van der Waals surface area contributed by atoms with Gasteiger partial charge in [0.1, 0.15) is 34.8 Å². The van der Waals surface area contributed by atoms with Gasteiger partial charge in [-0.2, -0.15) is 4.98 Å². The van der Waals surface area contributed by atoms with Crippen molar-refractivity contribution in [1.82, 2.24) is 25.6 Å². The van der Waals surface area contributed by atoms with Gasteiger partial charge >= 0.3 is 0 Å². The van der Waals surface area contributed by atoms with Gasteiger partial charge in [-0.1, -0.05) is 93.4 Å². The topological polar surface area (TPSA) is 165 Å². The number of aromatic nitrogens is 3. The molecular weight excluding hydrogens is 733 g/mol. The quantitative estimate of drug-likeness (QED) is 0.147. The van der Waals surface area contributed by atoms with E-state index >= 15 is 0 Å². The lowest BCUT2D eigenvalue weighted by Gasteiger charge is -2.28. The molecule has 14 heteroatoms. The Labute approximate surface area is 318 Å². The number of carbonyl (C=O) groups excluding carboxylic acids is 2. The van der Waals surface area contributed by atoms with Crippen LogP contribution in [0.5, 0.6) is 11.5 Å². The molecule has 0 radical (unpaired) electrons. The van der Waals surface area contributed by atoms with Gasteiger partial charge in [-0.3, -0.25) is 9.59 Å². The number of benzene rings is 3. The van der Waals surface area contributed by atoms with Crippen LogP contribution in [0.15, 0.2) is 63.4 Å². The normalized spacial score (nSPS) is 22.2. The number of ether oxygens (including phenoxy) is 2. The summed E-state index contributed by atoms with van der Waals surface area (Å²) in [6.07, 6.45) is -2.14. The number of nitrogens with zero attached hydrogens (tertiary/aromatic N) is 2. The fourth-order valence-corrected chi connectivity index (χ4v) is 8.83. The van der Waals surface area contributed by atoms with E-state index in [0.29, 0.717) is 33.5 Å². The van der Waals surface area contributed by atoms with Crippen molar-refractivity contribution >= 4 is 45.9 Å². The number of amides is 2. The van der Waals surface area contributed by atoms with Crippen molar-refractivity contribution in [1.29, 1.82) is 0 Å². The van der Waals surface area contributed by atoms with E-state index in [9.17, 15) is 14.7 Å². The molecule has 3 aromatic carbocycles. The van der Waals surface area contributed by atoms with Crippen LogP contribution in [0.2, 0.25) is 10.3 Å². The van der Waals surface area contributed by atoms with Crippen LogP contribution in [0, 0.1) is 11.8 Å². The molecule has 5 atom stereocenters. The van der Waals surface area contributed by atoms with Crippen molar-refractivity contribution in [3.8, 4) is 45.5 Å². The number of oxazole rings is 2. The van der Waals surface area contributed by atoms with Crippen molar-refractivity contribution in [2.45, 2.75) is 64.0 Å². The third-order valence-corrected chi connectivity index (χ3v) is 11.6. The number of aliphatic hydroxyl groups excluding tert-OH is 1. The van der Waals surface area contributed by atoms with Gasteiger partial charge in [-0.15, -0.1) is 0 Å². The number of hydrogen-bond donors (Lipinski definition) is 4. The molecule has 274 valence electrons. The molecule has 0 fully saturated rings. The van der Waals surface area contributed by atoms with E-state index in [1.165, 1.54) is 0 Å². The van der Waals surface area contributed by atoms with Crippen molar-refractivity contribution in [2.75, 3.05) is 0 Å². The van der Waals surface area contributed by atoms with Gasteiger partial charge in [-0.05, 0) is 35.1 Å². The fourth-order valence-electron chi connectivity index (χ4n) is 8.34. The van der Waals surface area contributed by atoms with Gasteiger partial charge in [0, 0.05) is 34.0 Å². The molecule has 0 aliphatic carbocycles. The smallest absolute Gasteiger partial charge is 0.262 e. The number of halogens is 2. The molecule has 0 saturated heterocycles. The van der Waals surface area contributed by atoms with E-state index in [0.717, 1.165) is 33.2 Å². The molecule has 1 spiro atoms. The number of nitrogens with one attached hydrogen (secondary N) is 3. The molecule has 10 rings (SSSR count). The summed E-state index contributed by atoms with van der Waals surface area (Å²) >= 11 is 13.8. The summed E-state index contributed by atoms with van der Waals surface area (Å²) in [5, 5.41) is 17.7. The lowest BCUT2D eigenvalue weighted by Crippen LogP contribution is -2.52. The van der Waals surface area contributed by atoms with Crippen LogP contribution in [0.4, 0.5) is 0 Å². The fraction of sp³-hybridized carbons (Fsp3) is 0.300. The number of hydrogen-bond acceptors (Lipinski definition) is 9. The maximum absolute atomic E-state index is 14.2. The Morgan fingerprint density at radius 2 is 1.80 bits per heavy atom. The van der Waals surface area contributed by atoms with Gasteiger partial charge in [0.05, 0.1) is 5.56 Å². The van der Waals surface area contributed by atoms with Gasteiger partial charge in [0.15, 0.2) is 27.8 Å². The summed E-state index contributed by atoms with van der Waals surface area (Å²) in [5.74, 6) is 0.243. The summed E-state index contributed by atoms with van der Waals surface area (Å²) in [5.41, 5.74) is 4.08. The summed E-state index contributed by atoms with van der Waals surface area (Å²) in [4.78, 5) is 40.4. The number of aromatic amines is 1. The maximum atomic E-state index is 14.2. The van der Waals surface area contributed by atoms with E-state index in [1.807, 2.05) is 68.4 Å². The third kappa shape index (κ3) is 4.47. The first kappa shape index (κ1) is 33.3. The van der Waals surface area contributed by atoms with Crippen LogP contribution in [0.3, 0.4) is 0 Å². The predicted molar refractivity (Wildman–Crippen MR) is 198 cm³/mol. The zero-order valence-corrected chi connectivity index (χ0v) is 30.9. The molecule has 54 heavy (non-hydrogen) atoms. The van der Waals surface area contributed by atoms with Crippen LogP contribution in [-0.4, -0.2) is 50.3 Å². The first-order valence-electron chi connectivity index (χ1n) is 17.8. The van der Waals surface area contributed by atoms with Crippen LogP contribution >= 0.6 is 23.2 Å². The molecule has 4 N–H and O–H groups in total. The standard InChI is InChI=1S/C40H33Cl2N5O7/c1-15(2)27-37-46-28-32(54-37)40-20-9-5-8-19(18-7-6-10-22-25(18)26(33(41)43-22)31-34(42)47-38(28)52-31)30(20)53-39(40)51-24-12-11-17(13-21(24)40)14-23(35(49)45-27)44-36(50)29(48)16(3)4/h5-13,15-16,23,27,29,39,43,48H,14H2,1-4H3,(H,44,50)(H,45,49)/t23-,27-,29-,39?,40?/m0/s1. The van der Waals surface area contributed by atoms with Crippen LogP contribution in [0.1, 0.15) is 62.1 Å². The SMILES string of the molecule is CC(C)[C@H](O)C(=O)N[C@H]1Cc2ccc3c(c2)C24c5cccc(c5OC2O3)-c2cccc3[nH]c(Cl)c(c23)-c2oc(nc2Cl)-c2nc(oc24)[C@H](C(C)C)NC1=O. The first-order chi connectivity index (χ1) is 25.9. The molecule has 2 unspecified atom stereocenters. The molecule has 3 aromatic heterocycles. The molecule has 2 amide bonds. The lowest BCUT2D eigenvalue weighted by molar-refractivity contribution is -0.135. The Balaban J connectivity index is 1.30. The first-order valence-corrected chi connectivity index (χ1v) is 18.6. The molecule has 6 aromatic rings. The second kappa shape index (κ2) is 11.6. The highest BCUT2D eigenvalue weighted by atomic mass is 35.5. The number of carbonyl (C=O) groups is 2. The third-order valence-electron chi connectivity index (χ3n) is 11.0. The molecule has 12 nitrogen and oxygen atoms in total. The minimum absolute atomic E-state index is 0.0716. The Bertz CT molecular complexity index is 2590. The van der Waals surface area contributed by atoms with Crippen LogP contribution < -0.4 is 20.1 Å². The number of rotatable bonds is 4. The van der Waals surface area contributed by atoms with Crippen molar-refractivity contribution < 1.29 is 33.0 Å². The summed E-state index contributed by atoms with van der Waals surface area (Å²) in [7, 11) is 0. The molecule has 4 aliphatic rings. The second-order valence-corrected chi connectivity index (χ2v) is 15.7. The van der Waals surface area contributed by atoms with Crippen LogP contribution in [-0.2, 0) is 21.4 Å². The molecule has 4 aliphatic heterocycles. The largest absolute Gasteiger partial charge is 0.453 e. The van der Waals surface area contributed by atoms with Crippen molar-refractivity contribution in [3.05, 3.63) is 93.2 Å². The van der Waals surface area contributed by atoms with Gasteiger partial charge in [-0.25, -0.2) is 4.98 Å². The monoisotopic (exact) mass is 765 g/mol. The highest BCUT2D eigenvalue weighted by Crippen LogP contribution is 2.63. The van der Waals surface area contributed by atoms with E-state index < -0.39 is 41.7 Å². The van der Waals surface area contributed by atoms with E-state index in [1.54, 1.807) is 13.8 Å². The van der Waals surface area contributed by atoms with Crippen LogP contribution in [0.25, 0.3) is 44.9 Å². The highest BCUT2D eigenvalue weighted by Gasteiger charge is 2.63. The lowest BCUT2D eigenvalue weighted by atomic mass is 9.72. The Hall–Kier alpha value is -5.30. The number of para-hydroxylation sites is 1. The van der Waals surface area contributed by atoms with Crippen molar-refractivity contribution in [2.24, 2.45) is 11.8 Å². The van der Waals surface area contributed by atoms with Gasteiger partial charge in [0.2, 0.25) is 17.7 Å². The van der Waals surface area contributed by atoms with E-state index in [2.05, 4.69) is 15.6 Å². The number of fused-ring (bicyclic) bond motifs is 7. The molecular formula is C40H33Cl2N5O7. The summed E-state index contributed by atoms with van der Waals surface area (Å²) < 4.78 is 27.1. The van der Waals surface area contributed by atoms with Crippen molar-refractivity contribution in [3.63, 3.8) is 0 Å². The highest BCUT2D eigenvalue weighted by molar-refractivity contribution is 6.37. The zero-order chi connectivity index (χ0) is 37.4. The minimum atomic E-state index is -1.31. The number of H-pyrrole nitrogens is 1. The zero-order valence-electron chi connectivity index (χ0n) is 29.4. The maximum Gasteiger partial charge on any atom is 0.262 e. The molecule has 0 saturated carbocycles. The van der Waals surface area contributed by atoms with E-state index in [-0.39, 0.29) is 46.6 Å².